The van der Waals surface area contributed by atoms with Crippen LogP contribution in [0.15, 0.2) is 64.8 Å². The Morgan fingerprint density at radius 1 is 1.22 bits per heavy atom. The highest BCUT2D eigenvalue weighted by atomic mass is 16.5. The molecule has 1 aliphatic rings. The quantitative estimate of drug-likeness (QED) is 0.760. The number of aryl methyl sites for hydroxylation is 1. The molecule has 0 fully saturated rings. The van der Waals surface area contributed by atoms with Crippen molar-refractivity contribution < 1.29 is 9.47 Å². The van der Waals surface area contributed by atoms with Crippen LogP contribution in [-0.4, -0.2) is 11.7 Å². The Morgan fingerprint density at radius 3 is 2.74 bits per heavy atom. The zero-order valence-corrected chi connectivity index (χ0v) is 14.9. The van der Waals surface area contributed by atoms with Crippen LogP contribution in [0.5, 0.6) is 11.5 Å². The van der Waals surface area contributed by atoms with Crippen molar-refractivity contribution in [1.29, 1.82) is 5.26 Å². The van der Waals surface area contributed by atoms with Crippen molar-refractivity contribution in [2.24, 2.45) is 12.8 Å². The van der Waals surface area contributed by atoms with Crippen LogP contribution in [0.3, 0.4) is 0 Å². The molecule has 2 N–H and O–H groups in total. The lowest BCUT2D eigenvalue weighted by atomic mass is 9.83. The fraction of sp³-hybridized carbons (Fsp3) is 0.143. The zero-order valence-electron chi connectivity index (χ0n) is 14.9. The van der Waals surface area contributed by atoms with Crippen molar-refractivity contribution in [2.75, 3.05) is 7.11 Å². The second-order valence-corrected chi connectivity index (χ2v) is 6.33. The molecule has 0 aliphatic carbocycles. The lowest BCUT2D eigenvalue weighted by molar-refractivity contribution is 0.395. The minimum atomic E-state index is -0.628. The molecule has 0 saturated heterocycles. The number of nitriles is 1. The van der Waals surface area contributed by atoms with Crippen molar-refractivity contribution in [3.8, 4) is 17.6 Å². The summed E-state index contributed by atoms with van der Waals surface area (Å²) in [6, 6.07) is 16.8. The molecule has 0 spiro atoms. The minimum absolute atomic E-state index is 0.0104. The molecule has 0 radical (unpaired) electrons. The molecular formula is C21H17N3O3. The third kappa shape index (κ3) is 2.44. The molecule has 27 heavy (non-hydrogen) atoms. The van der Waals surface area contributed by atoms with Crippen molar-refractivity contribution in [3.63, 3.8) is 0 Å². The Kier molecular flexibility index (Phi) is 3.85. The monoisotopic (exact) mass is 359 g/mol. The second kappa shape index (κ2) is 6.22. The first-order valence-corrected chi connectivity index (χ1v) is 8.40. The van der Waals surface area contributed by atoms with Gasteiger partial charge in [-0.3, -0.25) is 4.79 Å². The van der Waals surface area contributed by atoms with Gasteiger partial charge in [-0.25, -0.2) is 0 Å². The number of rotatable bonds is 2. The molecule has 3 aromatic rings. The highest BCUT2D eigenvalue weighted by Gasteiger charge is 2.35. The molecule has 2 aromatic carbocycles. The topological polar surface area (TPSA) is 90.3 Å². The molecule has 1 atom stereocenters. The van der Waals surface area contributed by atoms with E-state index in [1.165, 1.54) is 0 Å². The third-order valence-corrected chi connectivity index (χ3v) is 4.89. The Morgan fingerprint density at radius 2 is 2.00 bits per heavy atom. The van der Waals surface area contributed by atoms with Gasteiger partial charge in [-0.1, -0.05) is 24.3 Å². The number of benzene rings is 2. The average molecular weight is 359 g/mol. The van der Waals surface area contributed by atoms with Crippen molar-refractivity contribution in [2.45, 2.75) is 5.92 Å². The van der Waals surface area contributed by atoms with E-state index >= 15 is 0 Å². The van der Waals surface area contributed by atoms with Gasteiger partial charge < -0.3 is 19.8 Å². The highest BCUT2D eigenvalue weighted by Crippen LogP contribution is 2.43. The fourth-order valence-electron chi connectivity index (χ4n) is 3.58. The summed E-state index contributed by atoms with van der Waals surface area (Å²) < 4.78 is 12.7. The first kappa shape index (κ1) is 16.7. The zero-order chi connectivity index (χ0) is 19.1. The van der Waals surface area contributed by atoms with Crippen LogP contribution >= 0.6 is 0 Å². The van der Waals surface area contributed by atoms with Gasteiger partial charge in [0.15, 0.2) is 0 Å². The normalized spacial score (nSPS) is 15.8. The van der Waals surface area contributed by atoms with E-state index in [0.717, 1.165) is 16.5 Å². The molecule has 0 bridgehead atoms. The van der Waals surface area contributed by atoms with E-state index < -0.39 is 5.92 Å². The predicted octanol–water partition coefficient (Wildman–Crippen LogP) is 2.77. The maximum atomic E-state index is 13.2. The molecule has 1 unspecified atom stereocenters. The smallest absolute Gasteiger partial charge is 0.258 e. The van der Waals surface area contributed by atoms with Crippen LogP contribution in [0.2, 0.25) is 0 Å². The van der Waals surface area contributed by atoms with Gasteiger partial charge in [0.1, 0.15) is 23.1 Å². The van der Waals surface area contributed by atoms with Crippen molar-refractivity contribution >= 4 is 10.9 Å². The maximum Gasteiger partial charge on any atom is 0.258 e. The second-order valence-electron chi connectivity index (χ2n) is 6.33. The van der Waals surface area contributed by atoms with Crippen molar-refractivity contribution in [3.05, 3.63) is 81.5 Å². The summed E-state index contributed by atoms with van der Waals surface area (Å²) >= 11 is 0. The molecule has 1 aliphatic heterocycles. The molecule has 0 amide bonds. The molecular weight excluding hydrogens is 342 g/mol. The summed E-state index contributed by atoms with van der Waals surface area (Å²) in [6.45, 7) is 0. The highest BCUT2D eigenvalue weighted by molar-refractivity contribution is 5.88. The number of ether oxygens (including phenoxy) is 2. The van der Waals surface area contributed by atoms with Gasteiger partial charge in [-0.2, -0.15) is 5.26 Å². The number of hydrogen-bond acceptors (Lipinski definition) is 5. The van der Waals surface area contributed by atoms with E-state index in [9.17, 15) is 10.1 Å². The van der Waals surface area contributed by atoms with Gasteiger partial charge in [0, 0.05) is 12.4 Å². The van der Waals surface area contributed by atoms with E-state index in [-0.39, 0.29) is 17.0 Å². The van der Waals surface area contributed by atoms with Crippen LogP contribution in [-0.2, 0) is 7.05 Å². The number of nitrogens with zero attached hydrogens (tertiary/aromatic N) is 2. The number of aromatic nitrogens is 1. The summed E-state index contributed by atoms with van der Waals surface area (Å²) in [5.74, 6) is 0.417. The van der Waals surface area contributed by atoms with Gasteiger partial charge in [0.2, 0.25) is 5.88 Å². The van der Waals surface area contributed by atoms with E-state index in [1.807, 2.05) is 36.4 Å². The number of allylic oxidation sites excluding steroid dienone is 1. The van der Waals surface area contributed by atoms with Gasteiger partial charge in [-0.05, 0) is 29.8 Å². The van der Waals surface area contributed by atoms with Crippen LogP contribution in [0.1, 0.15) is 17.0 Å². The third-order valence-electron chi connectivity index (χ3n) is 4.89. The lowest BCUT2D eigenvalue weighted by Gasteiger charge is -2.27. The Balaban J connectivity index is 2.11. The first-order chi connectivity index (χ1) is 13.1. The standard InChI is InChI=1S/C21H17N3O3/c1-24-16-9-4-3-8-14(16)19-18(21(24)25)17(15(11-22)20(23)27-19)12-6-5-7-13(10-12)26-2/h3-10,17H,23H2,1-2H3. The Labute approximate surface area is 155 Å². The van der Waals surface area contributed by atoms with Gasteiger partial charge in [0.05, 0.1) is 24.1 Å². The molecule has 6 nitrogen and oxygen atoms in total. The number of fused-ring (bicyclic) bond motifs is 3. The van der Waals surface area contributed by atoms with E-state index in [4.69, 9.17) is 15.2 Å². The summed E-state index contributed by atoms with van der Waals surface area (Å²) in [5.41, 5.74) is 7.94. The molecule has 4 rings (SSSR count). The van der Waals surface area contributed by atoms with E-state index in [0.29, 0.717) is 17.1 Å². The predicted molar refractivity (Wildman–Crippen MR) is 101 cm³/mol. The summed E-state index contributed by atoms with van der Waals surface area (Å²) in [5, 5.41) is 10.5. The Bertz CT molecular complexity index is 1200. The SMILES string of the molecule is COc1cccc(C2C(C#N)=C(N)Oc3c2c(=O)n(C)c2ccccc32)c1. The van der Waals surface area contributed by atoms with Crippen LogP contribution < -0.4 is 20.8 Å². The maximum absolute atomic E-state index is 13.2. The largest absolute Gasteiger partial charge is 0.497 e. The average Bonchev–Trinajstić information content (AvgIpc) is 2.71. The lowest BCUT2D eigenvalue weighted by Crippen LogP contribution is -2.31. The summed E-state index contributed by atoms with van der Waals surface area (Å²) in [6.07, 6.45) is 0. The molecule has 1 aromatic heterocycles. The number of pyridine rings is 1. The van der Waals surface area contributed by atoms with Gasteiger partial charge in [-0.15, -0.1) is 0 Å². The first-order valence-electron chi connectivity index (χ1n) is 8.40. The molecule has 134 valence electrons. The number of methoxy groups -OCH3 is 1. The fourth-order valence-corrected chi connectivity index (χ4v) is 3.58. The van der Waals surface area contributed by atoms with Gasteiger partial charge in [0.25, 0.3) is 5.56 Å². The number of para-hydroxylation sites is 1. The van der Waals surface area contributed by atoms with Crippen LogP contribution in [0, 0.1) is 11.3 Å². The molecule has 6 heteroatoms. The van der Waals surface area contributed by atoms with Crippen LogP contribution in [0.4, 0.5) is 0 Å². The number of hydrogen-bond donors (Lipinski definition) is 1. The summed E-state index contributed by atoms with van der Waals surface area (Å²) in [7, 11) is 3.28. The molecule has 2 heterocycles. The van der Waals surface area contributed by atoms with Crippen molar-refractivity contribution in [1.82, 2.24) is 4.57 Å². The van der Waals surface area contributed by atoms with E-state index in [1.54, 1.807) is 30.9 Å². The van der Waals surface area contributed by atoms with E-state index in [2.05, 4.69) is 6.07 Å². The molecule has 0 saturated carbocycles. The summed E-state index contributed by atoms with van der Waals surface area (Å²) in [4.78, 5) is 13.2. The number of nitrogens with two attached hydrogens (primary N) is 1. The Hall–Kier alpha value is -3.72. The van der Waals surface area contributed by atoms with Gasteiger partial charge >= 0.3 is 0 Å². The van der Waals surface area contributed by atoms with Crippen LogP contribution in [0.25, 0.3) is 10.9 Å². The minimum Gasteiger partial charge on any atom is -0.497 e.